The van der Waals surface area contributed by atoms with E-state index < -0.39 is 0 Å². The van der Waals surface area contributed by atoms with Crippen LogP contribution in [0.3, 0.4) is 0 Å². The number of aromatic hydroxyl groups is 1. The SMILES string of the molecule is CCOc1cc(/C=C2/C(=O)N(c3ccccc3)N=C2C)c(Br)cc1O. The first-order valence-corrected chi connectivity index (χ1v) is 8.62. The van der Waals surface area contributed by atoms with E-state index >= 15 is 0 Å². The second-order valence-electron chi connectivity index (χ2n) is 5.47. The number of phenolic OH excluding ortho intramolecular Hbond substituents is 1. The van der Waals surface area contributed by atoms with Gasteiger partial charge in [0.05, 0.1) is 23.6 Å². The molecule has 1 aliphatic heterocycles. The van der Waals surface area contributed by atoms with Crippen LogP contribution in [0.2, 0.25) is 0 Å². The average Bonchev–Trinajstić information content (AvgIpc) is 2.88. The molecule has 1 heterocycles. The van der Waals surface area contributed by atoms with Gasteiger partial charge in [0.2, 0.25) is 0 Å². The largest absolute Gasteiger partial charge is 0.504 e. The molecule has 0 aliphatic carbocycles. The first-order valence-electron chi connectivity index (χ1n) is 7.83. The van der Waals surface area contributed by atoms with Crippen LogP contribution in [0.4, 0.5) is 5.69 Å². The number of carbonyl (C=O) groups is 1. The minimum Gasteiger partial charge on any atom is -0.504 e. The topological polar surface area (TPSA) is 62.1 Å². The molecule has 0 aromatic heterocycles. The van der Waals surface area contributed by atoms with Crippen molar-refractivity contribution in [2.45, 2.75) is 13.8 Å². The van der Waals surface area contributed by atoms with E-state index in [9.17, 15) is 9.90 Å². The zero-order valence-electron chi connectivity index (χ0n) is 13.9. The van der Waals surface area contributed by atoms with Gasteiger partial charge < -0.3 is 9.84 Å². The number of anilines is 1. The molecule has 1 amide bonds. The van der Waals surface area contributed by atoms with E-state index in [1.165, 1.54) is 5.01 Å². The Balaban J connectivity index is 1.98. The number of para-hydroxylation sites is 1. The molecule has 2 aromatic carbocycles. The summed E-state index contributed by atoms with van der Waals surface area (Å²) in [5.74, 6) is 0.226. The molecular formula is C19H17BrN2O3. The number of amides is 1. The molecule has 0 spiro atoms. The standard InChI is InChI=1S/C19H17BrN2O3/c1-3-25-18-10-13(16(20)11-17(18)23)9-15-12(2)21-22(19(15)24)14-7-5-4-6-8-14/h4-11,23H,3H2,1-2H3/b15-9+. The van der Waals surface area contributed by atoms with Crippen LogP contribution >= 0.6 is 15.9 Å². The molecule has 6 heteroatoms. The quantitative estimate of drug-likeness (QED) is 0.775. The highest BCUT2D eigenvalue weighted by molar-refractivity contribution is 9.10. The third kappa shape index (κ3) is 3.44. The third-order valence-corrected chi connectivity index (χ3v) is 4.43. The van der Waals surface area contributed by atoms with Crippen molar-refractivity contribution in [2.24, 2.45) is 5.10 Å². The predicted octanol–water partition coefficient (Wildman–Crippen LogP) is 4.36. The second-order valence-corrected chi connectivity index (χ2v) is 6.32. The predicted molar refractivity (Wildman–Crippen MR) is 102 cm³/mol. The third-order valence-electron chi connectivity index (χ3n) is 3.74. The first kappa shape index (κ1) is 17.2. The molecule has 1 N–H and O–H groups in total. The second kappa shape index (κ2) is 7.11. The lowest BCUT2D eigenvalue weighted by Crippen LogP contribution is -2.21. The molecule has 0 unspecified atom stereocenters. The molecule has 5 nitrogen and oxygen atoms in total. The maximum atomic E-state index is 12.8. The summed E-state index contributed by atoms with van der Waals surface area (Å²) in [6.45, 7) is 4.07. The van der Waals surface area contributed by atoms with Crippen molar-refractivity contribution < 1.29 is 14.6 Å². The summed E-state index contributed by atoms with van der Waals surface area (Å²) in [4.78, 5) is 12.8. The summed E-state index contributed by atoms with van der Waals surface area (Å²) in [5, 5.41) is 15.7. The summed E-state index contributed by atoms with van der Waals surface area (Å²) in [6.07, 6.45) is 1.75. The van der Waals surface area contributed by atoms with Gasteiger partial charge in [-0.05, 0) is 49.8 Å². The van der Waals surface area contributed by atoms with Gasteiger partial charge in [0.15, 0.2) is 11.5 Å². The van der Waals surface area contributed by atoms with Crippen LogP contribution in [-0.2, 0) is 4.79 Å². The maximum Gasteiger partial charge on any atom is 0.280 e. The molecule has 0 atom stereocenters. The van der Waals surface area contributed by atoms with Gasteiger partial charge in [0.1, 0.15) is 0 Å². The fourth-order valence-corrected chi connectivity index (χ4v) is 2.97. The summed E-state index contributed by atoms with van der Waals surface area (Å²) < 4.78 is 6.08. The zero-order chi connectivity index (χ0) is 18.0. The van der Waals surface area contributed by atoms with Gasteiger partial charge >= 0.3 is 0 Å². The summed E-state index contributed by atoms with van der Waals surface area (Å²) in [6, 6.07) is 12.5. The van der Waals surface area contributed by atoms with E-state index in [1.807, 2.05) is 37.3 Å². The fraction of sp³-hybridized carbons (Fsp3) is 0.158. The number of ether oxygens (including phenoxy) is 1. The van der Waals surface area contributed by atoms with Crippen LogP contribution in [0.15, 0.2) is 57.6 Å². The van der Waals surface area contributed by atoms with Crippen molar-refractivity contribution in [3.8, 4) is 11.5 Å². The fourth-order valence-electron chi connectivity index (χ4n) is 2.52. The number of rotatable bonds is 4. The number of hydrogen-bond acceptors (Lipinski definition) is 4. The van der Waals surface area contributed by atoms with Gasteiger partial charge in [0, 0.05) is 4.47 Å². The van der Waals surface area contributed by atoms with Crippen LogP contribution in [-0.4, -0.2) is 23.3 Å². The lowest BCUT2D eigenvalue weighted by atomic mass is 10.1. The van der Waals surface area contributed by atoms with Crippen LogP contribution in [0.5, 0.6) is 11.5 Å². The monoisotopic (exact) mass is 400 g/mol. The summed E-state index contributed by atoms with van der Waals surface area (Å²) in [7, 11) is 0. The highest BCUT2D eigenvalue weighted by Gasteiger charge is 2.28. The van der Waals surface area contributed by atoms with E-state index in [4.69, 9.17) is 4.74 Å². The molecule has 25 heavy (non-hydrogen) atoms. The van der Waals surface area contributed by atoms with Crippen molar-refractivity contribution in [1.29, 1.82) is 0 Å². The Morgan fingerprint density at radius 3 is 2.68 bits per heavy atom. The van der Waals surface area contributed by atoms with E-state index in [-0.39, 0.29) is 11.7 Å². The van der Waals surface area contributed by atoms with Gasteiger partial charge in [0.25, 0.3) is 5.91 Å². The van der Waals surface area contributed by atoms with Crippen molar-refractivity contribution in [3.05, 3.63) is 58.1 Å². The molecule has 0 bridgehead atoms. The number of nitrogens with zero attached hydrogens (tertiary/aromatic N) is 2. The molecule has 0 fully saturated rings. The van der Waals surface area contributed by atoms with E-state index in [1.54, 1.807) is 25.1 Å². The maximum absolute atomic E-state index is 12.8. The Kier molecular flexibility index (Phi) is 4.90. The molecule has 0 saturated carbocycles. The Morgan fingerprint density at radius 1 is 1.28 bits per heavy atom. The molecule has 3 rings (SSSR count). The van der Waals surface area contributed by atoms with Crippen LogP contribution in [0, 0.1) is 0 Å². The minimum atomic E-state index is -0.193. The van der Waals surface area contributed by atoms with E-state index in [0.29, 0.717) is 28.1 Å². The van der Waals surface area contributed by atoms with Crippen molar-refractivity contribution in [3.63, 3.8) is 0 Å². The van der Waals surface area contributed by atoms with Crippen molar-refractivity contribution in [1.82, 2.24) is 0 Å². The van der Waals surface area contributed by atoms with E-state index in [2.05, 4.69) is 21.0 Å². The lowest BCUT2D eigenvalue weighted by molar-refractivity contribution is -0.114. The molecule has 1 aliphatic rings. The van der Waals surface area contributed by atoms with Crippen molar-refractivity contribution in [2.75, 3.05) is 11.6 Å². The number of carbonyl (C=O) groups excluding carboxylic acids is 1. The molecular weight excluding hydrogens is 384 g/mol. The minimum absolute atomic E-state index is 0.0462. The summed E-state index contributed by atoms with van der Waals surface area (Å²) in [5.41, 5.74) is 2.58. The van der Waals surface area contributed by atoms with Gasteiger partial charge in [-0.15, -0.1) is 0 Å². The van der Waals surface area contributed by atoms with Crippen LogP contribution in [0.1, 0.15) is 19.4 Å². The van der Waals surface area contributed by atoms with Crippen LogP contribution < -0.4 is 9.75 Å². The Hall–Kier alpha value is -2.60. The Bertz CT molecular complexity index is 876. The first-order chi connectivity index (χ1) is 12.0. The Morgan fingerprint density at radius 2 is 2.00 bits per heavy atom. The highest BCUT2D eigenvalue weighted by atomic mass is 79.9. The van der Waals surface area contributed by atoms with Crippen molar-refractivity contribution >= 4 is 39.3 Å². The zero-order valence-corrected chi connectivity index (χ0v) is 15.4. The normalized spacial score (nSPS) is 15.6. The Labute approximate surface area is 154 Å². The van der Waals surface area contributed by atoms with Gasteiger partial charge in [-0.1, -0.05) is 34.1 Å². The molecule has 128 valence electrons. The average molecular weight is 401 g/mol. The number of halogens is 1. The van der Waals surface area contributed by atoms with Crippen LogP contribution in [0.25, 0.3) is 6.08 Å². The van der Waals surface area contributed by atoms with Gasteiger partial charge in [-0.25, -0.2) is 0 Å². The number of phenols is 1. The molecule has 2 aromatic rings. The number of hydrogen-bond donors (Lipinski definition) is 1. The number of benzene rings is 2. The highest BCUT2D eigenvalue weighted by Crippen LogP contribution is 2.34. The summed E-state index contributed by atoms with van der Waals surface area (Å²) >= 11 is 3.41. The molecule has 0 saturated heterocycles. The molecule has 0 radical (unpaired) electrons. The van der Waals surface area contributed by atoms with Gasteiger partial charge in [-0.3, -0.25) is 4.79 Å². The van der Waals surface area contributed by atoms with Gasteiger partial charge in [-0.2, -0.15) is 10.1 Å². The lowest BCUT2D eigenvalue weighted by Gasteiger charge is -2.11. The van der Waals surface area contributed by atoms with E-state index in [0.717, 1.165) is 11.3 Å². The number of hydrazone groups is 1. The smallest absolute Gasteiger partial charge is 0.280 e.